The molecule has 0 radical (unpaired) electrons. The summed E-state index contributed by atoms with van der Waals surface area (Å²) in [5.74, 6) is 1.11. The van der Waals surface area contributed by atoms with E-state index >= 15 is 0 Å². The summed E-state index contributed by atoms with van der Waals surface area (Å²) in [6, 6.07) is 1.82. The van der Waals surface area contributed by atoms with Crippen LogP contribution in [0.4, 0.5) is 0 Å². The number of furan rings is 1. The molecule has 0 N–H and O–H groups in total. The third kappa shape index (κ3) is 2.09. The van der Waals surface area contributed by atoms with E-state index in [2.05, 4.69) is 15.9 Å². The van der Waals surface area contributed by atoms with Crippen LogP contribution in [0.2, 0.25) is 0 Å². The number of nitrogens with zero attached hydrogens (tertiary/aromatic N) is 1. The van der Waals surface area contributed by atoms with Crippen molar-refractivity contribution in [1.82, 2.24) is 4.90 Å². The number of hydrogen-bond acceptors (Lipinski definition) is 2. The van der Waals surface area contributed by atoms with Gasteiger partial charge in [-0.25, -0.2) is 0 Å². The van der Waals surface area contributed by atoms with Gasteiger partial charge in [0.25, 0.3) is 5.91 Å². The average molecular weight is 272 g/mol. The van der Waals surface area contributed by atoms with Crippen molar-refractivity contribution in [1.29, 1.82) is 0 Å². The van der Waals surface area contributed by atoms with Gasteiger partial charge in [-0.05, 0) is 25.3 Å². The van der Waals surface area contributed by atoms with Crippen LogP contribution in [0.25, 0.3) is 0 Å². The fourth-order valence-electron chi connectivity index (χ4n) is 1.88. The van der Waals surface area contributed by atoms with Gasteiger partial charge in [-0.3, -0.25) is 4.79 Å². The summed E-state index contributed by atoms with van der Waals surface area (Å²) in [6.45, 7) is 3.58. The lowest BCUT2D eigenvalue weighted by molar-refractivity contribution is 0.0756. The summed E-state index contributed by atoms with van der Waals surface area (Å²) < 4.78 is 5.20. The van der Waals surface area contributed by atoms with Crippen molar-refractivity contribution in [3.63, 3.8) is 0 Å². The van der Waals surface area contributed by atoms with Crippen molar-refractivity contribution >= 4 is 21.8 Å². The van der Waals surface area contributed by atoms with Gasteiger partial charge in [0, 0.05) is 24.0 Å². The van der Waals surface area contributed by atoms with E-state index in [4.69, 9.17) is 4.42 Å². The summed E-state index contributed by atoms with van der Waals surface area (Å²) >= 11 is 3.45. The van der Waals surface area contributed by atoms with Crippen LogP contribution in [0.1, 0.15) is 22.5 Å². The molecule has 0 spiro atoms. The van der Waals surface area contributed by atoms with Gasteiger partial charge in [0.15, 0.2) is 5.76 Å². The number of alkyl halides is 1. The van der Waals surface area contributed by atoms with Gasteiger partial charge in [-0.1, -0.05) is 15.9 Å². The number of amides is 1. The monoisotopic (exact) mass is 271 g/mol. The summed E-state index contributed by atoms with van der Waals surface area (Å²) in [7, 11) is 0. The third-order valence-corrected chi connectivity index (χ3v) is 3.76. The largest absolute Gasteiger partial charge is 0.459 e. The molecular weight excluding hydrogens is 258 g/mol. The Bertz CT molecular complexity index is 361. The molecule has 0 aliphatic carbocycles. The minimum absolute atomic E-state index is 0.0287. The summed E-state index contributed by atoms with van der Waals surface area (Å²) in [4.78, 5) is 13.9. The highest BCUT2D eigenvalue weighted by molar-refractivity contribution is 9.09. The molecule has 0 aromatic carbocycles. The molecular formula is C11H14BrNO2. The number of halogens is 1. The van der Waals surface area contributed by atoms with E-state index in [1.165, 1.54) is 0 Å². The molecule has 1 atom stereocenters. The zero-order valence-electron chi connectivity index (χ0n) is 8.70. The quantitative estimate of drug-likeness (QED) is 0.775. The normalized spacial score (nSPS) is 20.9. The second kappa shape index (κ2) is 4.39. The van der Waals surface area contributed by atoms with Gasteiger partial charge in [0.05, 0.1) is 6.26 Å². The number of likely N-dealkylation sites (tertiary alicyclic amines) is 1. The second-order valence-electron chi connectivity index (χ2n) is 3.99. The molecule has 1 aromatic rings. The molecule has 1 unspecified atom stereocenters. The Kier molecular flexibility index (Phi) is 3.14. The Labute approximate surface area is 97.6 Å². The van der Waals surface area contributed by atoms with Gasteiger partial charge >= 0.3 is 0 Å². The van der Waals surface area contributed by atoms with Gasteiger partial charge in [-0.2, -0.15) is 0 Å². The summed E-state index contributed by atoms with van der Waals surface area (Å²) in [5, 5.41) is 0.966. The summed E-state index contributed by atoms with van der Waals surface area (Å²) in [5.41, 5.74) is 0.919. The molecule has 15 heavy (non-hydrogen) atoms. The fraction of sp³-hybridized carbons (Fsp3) is 0.545. The van der Waals surface area contributed by atoms with Gasteiger partial charge in [0.1, 0.15) is 0 Å². The molecule has 0 bridgehead atoms. The first kappa shape index (κ1) is 10.7. The smallest absolute Gasteiger partial charge is 0.289 e. The lowest BCUT2D eigenvalue weighted by Gasteiger charge is -2.14. The third-order valence-electron chi connectivity index (χ3n) is 2.85. The molecule has 4 heteroatoms. The van der Waals surface area contributed by atoms with Crippen LogP contribution >= 0.6 is 15.9 Å². The van der Waals surface area contributed by atoms with Crippen molar-refractivity contribution in [3.8, 4) is 0 Å². The Balaban J connectivity index is 2.07. The maximum absolute atomic E-state index is 12.0. The SMILES string of the molecule is Cc1ccoc1C(=O)N1CCC(CBr)C1. The average Bonchev–Trinajstić information content (AvgIpc) is 2.84. The predicted molar refractivity (Wildman–Crippen MR) is 61.2 cm³/mol. The maximum Gasteiger partial charge on any atom is 0.289 e. The predicted octanol–water partition coefficient (Wildman–Crippen LogP) is 2.45. The highest BCUT2D eigenvalue weighted by Gasteiger charge is 2.28. The van der Waals surface area contributed by atoms with Crippen LogP contribution in [0, 0.1) is 12.8 Å². The molecule has 3 nitrogen and oxygen atoms in total. The van der Waals surface area contributed by atoms with E-state index in [9.17, 15) is 4.79 Å². The van der Waals surface area contributed by atoms with Crippen molar-refractivity contribution in [2.45, 2.75) is 13.3 Å². The van der Waals surface area contributed by atoms with E-state index in [-0.39, 0.29) is 5.91 Å². The van der Waals surface area contributed by atoms with Crippen molar-refractivity contribution in [2.24, 2.45) is 5.92 Å². The standard InChI is InChI=1S/C11H14BrNO2/c1-8-3-5-15-10(8)11(14)13-4-2-9(6-12)7-13/h3,5,9H,2,4,6-7H2,1H3. The minimum atomic E-state index is 0.0287. The van der Waals surface area contributed by atoms with Crippen molar-refractivity contribution in [2.75, 3.05) is 18.4 Å². The molecule has 1 aliphatic rings. The summed E-state index contributed by atoms with van der Waals surface area (Å²) in [6.07, 6.45) is 2.65. The van der Waals surface area contributed by atoms with E-state index < -0.39 is 0 Å². The number of carbonyl (C=O) groups is 1. The van der Waals surface area contributed by atoms with Crippen LogP contribution in [0.3, 0.4) is 0 Å². The van der Waals surface area contributed by atoms with Crippen molar-refractivity contribution in [3.05, 3.63) is 23.7 Å². The Morgan fingerprint density at radius 3 is 3.07 bits per heavy atom. The van der Waals surface area contributed by atoms with Crippen LogP contribution in [-0.4, -0.2) is 29.2 Å². The van der Waals surface area contributed by atoms with Crippen LogP contribution in [0.5, 0.6) is 0 Å². The number of rotatable bonds is 2. The molecule has 1 fully saturated rings. The van der Waals surface area contributed by atoms with E-state index in [1.807, 2.05) is 17.9 Å². The second-order valence-corrected chi connectivity index (χ2v) is 4.64. The molecule has 1 aliphatic heterocycles. The van der Waals surface area contributed by atoms with E-state index in [1.54, 1.807) is 6.26 Å². The van der Waals surface area contributed by atoms with Gasteiger partial charge in [0.2, 0.25) is 0 Å². The molecule has 1 saturated heterocycles. The maximum atomic E-state index is 12.0. The van der Waals surface area contributed by atoms with E-state index in [0.717, 1.165) is 30.4 Å². The first-order chi connectivity index (χ1) is 7.22. The van der Waals surface area contributed by atoms with E-state index in [0.29, 0.717) is 11.7 Å². The molecule has 1 aromatic heterocycles. The van der Waals surface area contributed by atoms with Gasteiger partial charge in [-0.15, -0.1) is 0 Å². The highest BCUT2D eigenvalue weighted by Crippen LogP contribution is 2.21. The number of aryl methyl sites for hydroxylation is 1. The Morgan fingerprint density at radius 2 is 2.53 bits per heavy atom. The molecule has 2 heterocycles. The lowest BCUT2D eigenvalue weighted by Crippen LogP contribution is -2.29. The zero-order chi connectivity index (χ0) is 10.8. The topological polar surface area (TPSA) is 33.5 Å². The highest BCUT2D eigenvalue weighted by atomic mass is 79.9. The zero-order valence-corrected chi connectivity index (χ0v) is 10.3. The first-order valence-electron chi connectivity index (χ1n) is 5.11. The molecule has 82 valence electrons. The first-order valence-corrected chi connectivity index (χ1v) is 6.24. The minimum Gasteiger partial charge on any atom is -0.459 e. The Hall–Kier alpha value is -0.770. The lowest BCUT2D eigenvalue weighted by atomic mass is 10.2. The van der Waals surface area contributed by atoms with Gasteiger partial charge < -0.3 is 9.32 Å². The fourth-order valence-corrected chi connectivity index (χ4v) is 2.41. The molecule has 1 amide bonds. The number of hydrogen-bond donors (Lipinski definition) is 0. The molecule has 0 saturated carbocycles. The molecule has 2 rings (SSSR count). The van der Waals surface area contributed by atoms with Crippen LogP contribution in [0.15, 0.2) is 16.7 Å². The van der Waals surface area contributed by atoms with Crippen molar-refractivity contribution < 1.29 is 9.21 Å². The number of carbonyl (C=O) groups excluding carboxylic acids is 1. The Morgan fingerprint density at radius 1 is 1.73 bits per heavy atom. The van der Waals surface area contributed by atoms with Crippen LogP contribution in [-0.2, 0) is 0 Å². The van der Waals surface area contributed by atoms with Crippen LogP contribution < -0.4 is 0 Å².